The number of carbonyl (C=O) groups is 1. The van der Waals surface area contributed by atoms with Crippen molar-refractivity contribution in [1.29, 1.82) is 0 Å². The Balaban J connectivity index is 2.34. The lowest BCUT2D eigenvalue weighted by molar-refractivity contribution is -0.385. The molecule has 1 aromatic carbocycles. The maximum absolute atomic E-state index is 11.5. The Morgan fingerprint density at radius 1 is 1.48 bits per heavy atom. The van der Waals surface area contributed by atoms with E-state index < -0.39 is 4.92 Å². The summed E-state index contributed by atoms with van der Waals surface area (Å²) in [7, 11) is 0. The Bertz CT molecular complexity index is 913. The molecule has 8 heteroatoms. The average molecular weight is 331 g/mol. The van der Waals surface area contributed by atoms with Crippen molar-refractivity contribution in [3.63, 3.8) is 0 Å². The first-order chi connectivity index (χ1) is 11.1. The second kappa shape index (κ2) is 5.81. The Kier molecular flexibility index (Phi) is 3.83. The predicted octanol–water partition coefficient (Wildman–Crippen LogP) is 3.49. The number of benzene rings is 1. The molecule has 2 heterocycles. The van der Waals surface area contributed by atoms with Gasteiger partial charge in [0.15, 0.2) is 11.2 Å². The molecule has 0 radical (unpaired) electrons. The molecule has 0 fully saturated rings. The molecule has 0 amide bonds. The number of carbonyl (C=O) groups excluding carboxylic acids is 1. The summed E-state index contributed by atoms with van der Waals surface area (Å²) in [6, 6.07) is 3.20. The molecular formula is C15H13N3O4S. The van der Waals surface area contributed by atoms with Crippen molar-refractivity contribution in [1.82, 2.24) is 9.38 Å². The monoisotopic (exact) mass is 331 g/mol. The smallest absolute Gasteiger partial charge is 0.311 e. The van der Waals surface area contributed by atoms with Crippen molar-refractivity contribution in [3.8, 4) is 17.0 Å². The zero-order valence-corrected chi connectivity index (χ0v) is 13.3. The molecule has 0 unspecified atom stereocenters. The summed E-state index contributed by atoms with van der Waals surface area (Å²) >= 11 is 1.38. The number of aldehydes is 1. The first-order valence-corrected chi connectivity index (χ1v) is 7.77. The van der Waals surface area contributed by atoms with Crippen LogP contribution in [0.4, 0.5) is 5.69 Å². The van der Waals surface area contributed by atoms with Gasteiger partial charge in [-0.25, -0.2) is 4.98 Å². The second-order valence-electron chi connectivity index (χ2n) is 4.87. The number of nitro benzene ring substituents is 1. The van der Waals surface area contributed by atoms with E-state index >= 15 is 0 Å². The minimum absolute atomic E-state index is 0.130. The number of imidazole rings is 1. The van der Waals surface area contributed by atoms with Gasteiger partial charge in [0.05, 0.1) is 17.1 Å². The van der Waals surface area contributed by atoms with Crippen LogP contribution in [0, 0.1) is 17.0 Å². The van der Waals surface area contributed by atoms with Gasteiger partial charge in [0, 0.05) is 17.6 Å². The fraction of sp³-hybridized carbons (Fsp3) is 0.200. The number of nitrogens with zero attached hydrogens (tertiary/aromatic N) is 3. The number of aromatic nitrogens is 2. The van der Waals surface area contributed by atoms with Crippen LogP contribution in [0.1, 0.15) is 23.0 Å². The fourth-order valence-electron chi connectivity index (χ4n) is 2.48. The van der Waals surface area contributed by atoms with Gasteiger partial charge in [-0.05, 0) is 25.5 Å². The van der Waals surface area contributed by atoms with Crippen LogP contribution in [-0.2, 0) is 0 Å². The quantitative estimate of drug-likeness (QED) is 0.406. The average Bonchev–Trinajstić information content (AvgIpc) is 3.08. The molecule has 0 bridgehead atoms. The third kappa shape index (κ3) is 2.46. The van der Waals surface area contributed by atoms with Gasteiger partial charge in [-0.2, -0.15) is 0 Å². The highest BCUT2D eigenvalue weighted by Gasteiger charge is 2.25. The summed E-state index contributed by atoms with van der Waals surface area (Å²) in [6.07, 6.45) is 2.44. The molecule has 0 aliphatic carbocycles. The summed E-state index contributed by atoms with van der Waals surface area (Å²) in [5.74, 6) is 0.136. The van der Waals surface area contributed by atoms with E-state index in [0.717, 1.165) is 0 Å². The molecule has 3 aromatic rings. The van der Waals surface area contributed by atoms with Crippen molar-refractivity contribution in [3.05, 3.63) is 45.1 Å². The number of aryl methyl sites for hydroxylation is 1. The number of hydrogen-bond acceptors (Lipinski definition) is 6. The highest BCUT2D eigenvalue weighted by atomic mass is 32.1. The number of rotatable bonds is 5. The van der Waals surface area contributed by atoms with Crippen molar-refractivity contribution in [2.45, 2.75) is 13.8 Å². The molecule has 0 atom stereocenters. The van der Waals surface area contributed by atoms with E-state index in [1.807, 2.05) is 5.38 Å². The molecule has 0 spiro atoms. The normalized spacial score (nSPS) is 10.9. The van der Waals surface area contributed by atoms with Crippen molar-refractivity contribution in [2.75, 3.05) is 6.61 Å². The largest absolute Gasteiger partial charge is 0.487 e. The van der Waals surface area contributed by atoms with Crippen LogP contribution in [-0.4, -0.2) is 27.2 Å². The van der Waals surface area contributed by atoms with Crippen LogP contribution >= 0.6 is 11.3 Å². The first kappa shape index (κ1) is 15.2. The van der Waals surface area contributed by atoms with Gasteiger partial charge in [-0.15, -0.1) is 11.3 Å². The number of fused-ring (bicyclic) bond motifs is 1. The molecule has 23 heavy (non-hydrogen) atoms. The summed E-state index contributed by atoms with van der Waals surface area (Å²) in [5.41, 5.74) is 1.76. The first-order valence-electron chi connectivity index (χ1n) is 6.89. The van der Waals surface area contributed by atoms with E-state index in [9.17, 15) is 14.9 Å². The summed E-state index contributed by atoms with van der Waals surface area (Å²) in [5, 5.41) is 13.2. The van der Waals surface area contributed by atoms with E-state index in [0.29, 0.717) is 33.8 Å². The maximum Gasteiger partial charge on any atom is 0.311 e. The van der Waals surface area contributed by atoms with Gasteiger partial charge in [0.1, 0.15) is 11.4 Å². The second-order valence-corrected chi connectivity index (χ2v) is 5.74. The molecule has 0 saturated carbocycles. The van der Waals surface area contributed by atoms with Crippen LogP contribution in [0.5, 0.6) is 5.75 Å². The Labute approximate surface area is 135 Å². The zero-order chi connectivity index (χ0) is 16.6. The Hall–Kier alpha value is -2.74. The lowest BCUT2D eigenvalue weighted by Gasteiger charge is -2.10. The third-order valence-electron chi connectivity index (χ3n) is 3.36. The molecule has 7 nitrogen and oxygen atoms in total. The predicted molar refractivity (Wildman–Crippen MR) is 86.5 cm³/mol. The van der Waals surface area contributed by atoms with E-state index in [-0.39, 0.29) is 18.0 Å². The number of thiazole rings is 1. The molecule has 2 aromatic heterocycles. The van der Waals surface area contributed by atoms with E-state index in [2.05, 4.69) is 4.98 Å². The lowest BCUT2D eigenvalue weighted by atomic mass is 10.0. The van der Waals surface area contributed by atoms with Crippen molar-refractivity contribution in [2.24, 2.45) is 0 Å². The fourth-order valence-corrected chi connectivity index (χ4v) is 3.20. The van der Waals surface area contributed by atoms with Gasteiger partial charge in [0.25, 0.3) is 0 Å². The lowest BCUT2D eigenvalue weighted by Crippen LogP contribution is -2.01. The topological polar surface area (TPSA) is 86.7 Å². The minimum Gasteiger partial charge on any atom is -0.487 e. The Morgan fingerprint density at radius 2 is 2.26 bits per heavy atom. The highest BCUT2D eigenvalue weighted by Crippen LogP contribution is 2.40. The van der Waals surface area contributed by atoms with E-state index in [1.165, 1.54) is 17.4 Å². The van der Waals surface area contributed by atoms with Crippen LogP contribution in [0.2, 0.25) is 0 Å². The number of nitro groups is 1. The third-order valence-corrected chi connectivity index (χ3v) is 4.12. The van der Waals surface area contributed by atoms with Crippen molar-refractivity contribution < 1.29 is 14.5 Å². The van der Waals surface area contributed by atoms with E-state index in [1.54, 1.807) is 30.5 Å². The molecule has 118 valence electrons. The van der Waals surface area contributed by atoms with Gasteiger partial charge in [-0.1, -0.05) is 0 Å². The summed E-state index contributed by atoms with van der Waals surface area (Å²) in [4.78, 5) is 27.5. The summed E-state index contributed by atoms with van der Waals surface area (Å²) in [6.45, 7) is 3.78. The molecule has 0 aliphatic heterocycles. The standard InChI is InChI=1S/C15H13N3O4S/c1-3-22-14-10(6-9(2)7-11(14)18(20)21)13-12(8-19)17-4-5-23-15(17)16-13/h4-8H,3H2,1-2H3. The molecule has 3 rings (SSSR count). The van der Waals surface area contributed by atoms with Gasteiger partial charge in [0.2, 0.25) is 5.75 Å². The molecule has 0 saturated heterocycles. The molecular weight excluding hydrogens is 318 g/mol. The van der Waals surface area contributed by atoms with Crippen LogP contribution in [0.25, 0.3) is 16.2 Å². The number of hydrogen-bond donors (Lipinski definition) is 0. The maximum atomic E-state index is 11.5. The zero-order valence-electron chi connectivity index (χ0n) is 12.5. The molecule has 0 aliphatic rings. The number of ether oxygens (including phenoxy) is 1. The van der Waals surface area contributed by atoms with Crippen molar-refractivity contribution >= 4 is 28.3 Å². The Morgan fingerprint density at radius 3 is 2.91 bits per heavy atom. The minimum atomic E-state index is -0.486. The van der Waals surface area contributed by atoms with Gasteiger partial charge < -0.3 is 4.74 Å². The molecule has 0 N–H and O–H groups in total. The highest BCUT2D eigenvalue weighted by molar-refractivity contribution is 7.15. The van der Waals surface area contributed by atoms with Gasteiger partial charge in [-0.3, -0.25) is 19.3 Å². The van der Waals surface area contributed by atoms with E-state index in [4.69, 9.17) is 4.74 Å². The van der Waals surface area contributed by atoms with Crippen LogP contribution < -0.4 is 4.74 Å². The summed E-state index contributed by atoms with van der Waals surface area (Å²) < 4.78 is 7.17. The van der Waals surface area contributed by atoms with Crippen LogP contribution in [0.3, 0.4) is 0 Å². The van der Waals surface area contributed by atoms with Gasteiger partial charge >= 0.3 is 5.69 Å². The SMILES string of the molecule is CCOc1c(-c2nc3sccn3c2C=O)cc(C)cc1[N+](=O)[O-]. The van der Waals surface area contributed by atoms with Crippen LogP contribution in [0.15, 0.2) is 23.7 Å².